The molecule has 2 rings (SSSR count). The lowest BCUT2D eigenvalue weighted by Crippen LogP contribution is -2.04. The zero-order valence-electron chi connectivity index (χ0n) is 9.83. The topological polar surface area (TPSA) is 43.4 Å². The summed E-state index contributed by atoms with van der Waals surface area (Å²) in [7, 11) is -0.716. The van der Waals surface area contributed by atoms with E-state index in [1.54, 1.807) is 43.5 Å². The van der Waals surface area contributed by atoms with Crippen LogP contribution in [0.1, 0.15) is 11.1 Å². The number of methoxy groups -OCH3 is 1. The monoisotopic (exact) mass is 260 g/mol. The molecule has 0 bridgehead atoms. The molecule has 2 aromatic carbocycles. The van der Waals surface area contributed by atoms with Crippen molar-refractivity contribution in [3.63, 3.8) is 0 Å². The third kappa shape index (κ3) is 2.60. The fourth-order valence-electron chi connectivity index (χ4n) is 1.69. The van der Waals surface area contributed by atoms with Gasteiger partial charge in [-0.2, -0.15) is 8.42 Å². The minimum Gasteiger partial charge on any atom is -0.497 e. The van der Waals surface area contributed by atoms with Crippen molar-refractivity contribution < 1.29 is 13.2 Å². The molecule has 0 amide bonds. The van der Waals surface area contributed by atoms with Gasteiger partial charge in [0.15, 0.2) is 0 Å². The Bertz CT molecular complexity index is 648. The SMILES string of the molecule is COc1ccc(C(c2ccccc2)=S(=O)=O)cc1. The highest BCUT2D eigenvalue weighted by Gasteiger charge is 2.08. The first-order chi connectivity index (χ1) is 8.72. The van der Waals surface area contributed by atoms with E-state index in [4.69, 9.17) is 4.74 Å². The van der Waals surface area contributed by atoms with Gasteiger partial charge in [-0.1, -0.05) is 30.3 Å². The summed E-state index contributed by atoms with van der Waals surface area (Å²) < 4.78 is 27.8. The minimum atomic E-state index is -2.29. The first-order valence-corrected chi connectivity index (χ1v) is 6.46. The lowest BCUT2D eigenvalue weighted by Gasteiger charge is -2.04. The Kier molecular flexibility index (Phi) is 3.79. The molecule has 2 aromatic rings. The lowest BCUT2D eigenvalue weighted by molar-refractivity contribution is 0.415. The number of ether oxygens (including phenoxy) is 1. The lowest BCUT2D eigenvalue weighted by atomic mass is 10.0. The molecular formula is C14H12O3S. The van der Waals surface area contributed by atoms with Crippen LogP contribution in [-0.4, -0.2) is 20.4 Å². The van der Waals surface area contributed by atoms with Crippen molar-refractivity contribution in [1.29, 1.82) is 0 Å². The molecule has 0 N–H and O–H groups in total. The Morgan fingerprint density at radius 1 is 0.889 bits per heavy atom. The van der Waals surface area contributed by atoms with E-state index >= 15 is 0 Å². The molecule has 0 aliphatic rings. The molecule has 92 valence electrons. The third-order valence-corrected chi connectivity index (χ3v) is 3.36. The van der Waals surface area contributed by atoms with Crippen LogP contribution in [0.25, 0.3) is 0 Å². The van der Waals surface area contributed by atoms with Crippen LogP contribution in [0.4, 0.5) is 0 Å². The van der Waals surface area contributed by atoms with Gasteiger partial charge in [0.05, 0.1) is 7.11 Å². The molecule has 0 spiro atoms. The van der Waals surface area contributed by atoms with Crippen molar-refractivity contribution in [2.45, 2.75) is 0 Å². The van der Waals surface area contributed by atoms with Crippen molar-refractivity contribution >= 4 is 15.2 Å². The Morgan fingerprint density at radius 2 is 1.44 bits per heavy atom. The van der Waals surface area contributed by atoms with Gasteiger partial charge in [0.2, 0.25) is 10.3 Å². The van der Waals surface area contributed by atoms with Crippen LogP contribution in [0.3, 0.4) is 0 Å². The molecule has 0 unspecified atom stereocenters. The van der Waals surface area contributed by atoms with Crippen LogP contribution in [0, 0.1) is 0 Å². The summed E-state index contributed by atoms with van der Waals surface area (Å²) in [5, 5.41) is 0. The van der Waals surface area contributed by atoms with Crippen LogP contribution in [0.15, 0.2) is 54.6 Å². The molecule has 0 aliphatic heterocycles. The Balaban J connectivity index is 2.54. The fraction of sp³-hybridized carbons (Fsp3) is 0.0714. The molecule has 0 saturated heterocycles. The van der Waals surface area contributed by atoms with Gasteiger partial charge in [0.1, 0.15) is 10.6 Å². The van der Waals surface area contributed by atoms with E-state index in [1.165, 1.54) is 0 Å². The van der Waals surface area contributed by atoms with Gasteiger partial charge in [0.25, 0.3) is 0 Å². The van der Waals surface area contributed by atoms with Gasteiger partial charge >= 0.3 is 0 Å². The molecule has 0 heterocycles. The molecule has 0 atom stereocenters. The second kappa shape index (κ2) is 5.51. The maximum Gasteiger partial charge on any atom is 0.222 e. The van der Waals surface area contributed by atoms with Gasteiger partial charge in [-0.15, -0.1) is 0 Å². The summed E-state index contributed by atoms with van der Waals surface area (Å²) in [6, 6.07) is 16.0. The standard InChI is InChI=1S/C14H12O3S/c1-17-13-9-7-12(8-10-13)14(18(15)16)11-5-3-2-4-6-11/h2-10H,1H3. The first-order valence-electron chi connectivity index (χ1n) is 5.38. The van der Waals surface area contributed by atoms with Gasteiger partial charge in [-0.3, -0.25) is 0 Å². The predicted molar refractivity (Wildman–Crippen MR) is 71.6 cm³/mol. The molecule has 4 heteroatoms. The highest BCUT2D eigenvalue weighted by atomic mass is 32.2. The van der Waals surface area contributed by atoms with Crippen molar-refractivity contribution in [3.8, 4) is 5.75 Å². The van der Waals surface area contributed by atoms with Crippen LogP contribution in [-0.2, 0) is 10.3 Å². The summed E-state index contributed by atoms with van der Waals surface area (Å²) in [6.45, 7) is 0. The molecule has 0 aromatic heterocycles. The van der Waals surface area contributed by atoms with E-state index in [0.717, 1.165) is 0 Å². The number of hydrogen-bond donors (Lipinski definition) is 0. The first kappa shape index (κ1) is 12.4. The normalized spacial score (nSPS) is 9.83. The zero-order chi connectivity index (χ0) is 13.0. The van der Waals surface area contributed by atoms with E-state index in [-0.39, 0.29) is 0 Å². The van der Waals surface area contributed by atoms with Crippen LogP contribution in [0.5, 0.6) is 5.75 Å². The third-order valence-electron chi connectivity index (χ3n) is 2.55. The highest BCUT2D eigenvalue weighted by molar-refractivity contribution is 7.74. The smallest absolute Gasteiger partial charge is 0.222 e. The maximum absolute atomic E-state index is 11.4. The van der Waals surface area contributed by atoms with Crippen molar-refractivity contribution in [1.82, 2.24) is 0 Å². The molecule has 0 radical (unpaired) electrons. The Hall–Kier alpha value is -2.07. The van der Waals surface area contributed by atoms with Gasteiger partial charge in [-0.25, -0.2) is 0 Å². The molecule has 3 nitrogen and oxygen atoms in total. The Morgan fingerprint density at radius 3 is 1.94 bits per heavy atom. The number of rotatable bonds is 3. The average Bonchev–Trinajstić information content (AvgIpc) is 2.40. The van der Waals surface area contributed by atoms with Crippen molar-refractivity contribution in [3.05, 3.63) is 65.7 Å². The minimum absolute atomic E-state index is 0.290. The molecule has 18 heavy (non-hydrogen) atoms. The van der Waals surface area contributed by atoms with Crippen molar-refractivity contribution in [2.24, 2.45) is 0 Å². The summed E-state index contributed by atoms with van der Waals surface area (Å²) in [6.07, 6.45) is 0. The van der Waals surface area contributed by atoms with Crippen LogP contribution in [0.2, 0.25) is 0 Å². The van der Waals surface area contributed by atoms with Crippen LogP contribution < -0.4 is 4.74 Å². The fourth-order valence-corrected chi connectivity index (χ4v) is 2.35. The Labute approximate surface area is 107 Å². The summed E-state index contributed by atoms with van der Waals surface area (Å²) >= 11 is 0. The predicted octanol–water partition coefficient (Wildman–Crippen LogP) is 2.14. The van der Waals surface area contributed by atoms with Gasteiger partial charge in [-0.05, 0) is 35.4 Å². The van der Waals surface area contributed by atoms with E-state index in [1.807, 2.05) is 18.2 Å². The second-order valence-electron chi connectivity index (χ2n) is 3.66. The summed E-state index contributed by atoms with van der Waals surface area (Å²) in [5.74, 6) is 0.697. The van der Waals surface area contributed by atoms with Crippen molar-refractivity contribution in [2.75, 3.05) is 7.11 Å². The zero-order valence-corrected chi connectivity index (χ0v) is 10.6. The number of hydrogen-bond acceptors (Lipinski definition) is 3. The highest BCUT2D eigenvalue weighted by Crippen LogP contribution is 2.15. The van der Waals surface area contributed by atoms with Gasteiger partial charge in [0, 0.05) is 0 Å². The van der Waals surface area contributed by atoms with Gasteiger partial charge < -0.3 is 4.74 Å². The number of benzene rings is 2. The van der Waals surface area contributed by atoms with E-state index < -0.39 is 10.3 Å². The van der Waals surface area contributed by atoms with Crippen LogP contribution >= 0.6 is 0 Å². The molecular weight excluding hydrogens is 248 g/mol. The van der Waals surface area contributed by atoms with E-state index in [2.05, 4.69) is 0 Å². The quantitative estimate of drug-likeness (QED) is 0.627. The average molecular weight is 260 g/mol. The second-order valence-corrected chi connectivity index (χ2v) is 4.54. The summed E-state index contributed by atoms with van der Waals surface area (Å²) in [4.78, 5) is 0.290. The summed E-state index contributed by atoms with van der Waals surface area (Å²) in [5.41, 5.74) is 1.33. The molecule has 0 saturated carbocycles. The largest absolute Gasteiger partial charge is 0.497 e. The van der Waals surface area contributed by atoms with E-state index in [9.17, 15) is 8.42 Å². The molecule has 0 fully saturated rings. The molecule has 0 aliphatic carbocycles. The van der Waals surface area contributed by atoms with E-state index in [0.29, 0.717) is 21.7 Å². The maximum atomic E-state index is 11.4.